The number of rotatable bonds is 9. The number of hydrazone groups is 1. The molecule has 0 saturated carbocycles. The zero-order valence-corrected chi connectivity index (χ0v) is 25.4. The Bertz CT molecular complexity index is 1280. The number of benzene rings is 2. The van der Waals surface area contributed by atoms with Crippen LogP contribution in [0.25, 0.3) is 0 Å². The summed E-state index contributed by atoms with van der Waals surface area (Å²) in [5, 5.41) is 27.9. The predicted octanol–water partition coefficient (Wildman–Crippen LogP) is 6.75. The van der Waals surface area contributed by atoms with Gasteiger partial charge in [0.1, 0.15) is 11.8 Å². The summed E-state index contributed by atoms with van der Waals surface area (Å²) >= 11 is 6.25. The molecule has 1 atom stereocenters. The van der Waals surface area contributed by atoms with E-state index < -0.39 is 17.7 Å². The lowest BCUT2D eigenvalue weighted by atomic mass is 10.0. The van der Waals surface area contributed by atoms with E-state index in [0.717, 1.165) is 12.0 Å². The predicted molar refractivity (Wildman–Crippen MR) is 159 cm³/mol. The lowest BCUT2D eigenvalue weighted by Gasteiger charge is -2.15. The number of phenols is 1. The van der Waals surface area contributed by atoms with Gasteiger partial charge in [0.25, 0.3) is 5.91 Å². The molecule has 2 aromatic rings. The molecule has 0 aliphatic rings. The van der Waals surface area contributed by atoms with E-state index in [1.54, 1.807) is 38.1 Å². The molecule has 12 heteroatoms. The fraction of sp³-hybridized carbons (Fsp3) is 0.414. The molecule has 41 heavy (non-hydrogen) atoms. The molecule has 0 saturated heterocycles. The lowest BCUT2D eigenvalue weighted by Crippen LogP contribution is -2.36. The number of nitrogens with zero attached hydrogens (tertiary/aromatic N) is 2. The molecule has 4 N–H and O–H groups in total. The van der Waals surface area contributed by atoms with E-state index in [-0.39, 0.29) is 40.6 Å². The Morgan fingerprint density at radius 3 is 2.29 bits per heavy atom. The van der Waals surface area contributed by atoms with Crippen molar-refractivity contribution in [2.75, 3.05) is 17.3 Å². The number of aryl methyl sites for hydroxylation is 1. The summed E-state index contributed by atoms with van der Waals surface area (Å²) in [5.74, 6) is -1.29. The number of aromatic hydroxyl groups is 1. The zero-order valence-electron chi connectivity index (χ0n) is 24.6. The van der Waals surface area contributed by atoms with Gasteiger partial charge in [0.15, 0.2) is 11.5 Å². The fourth-order valence-electron chi connectivity index (χ4n) is 2.71. The third-order valence-corrected chi connectivity index (χ3v) is 5.15. The summed E-state index contributed by atoms with van der Waals surface area (Å²) in [6.07, 6.45) is -0.299. The summed E-state index contributed by atoms with van der Waals surface area (Å²) in [7, 11) is 0. The molecular weight excluding hydrogens is 550 g/mol. The van der Waals surface area contributed by atoms with Crippen molar-refractivity contribution < 1.29 is 29.0 Å². The Morgan fingerprint density at radius 1 is 1.15 bits per heavy atom. The Hall–Kier alpha value is -4.30. The summed E-state index contributed by atoms with van der Waals surface area (Å²) in [5.41, 5.74) is 3.78. The SMILES string of the molecule is CC(C)(C)C.CCOC(=O)NC(=O)/C(C#N)=N/Nc1cc(O)c(Oc2ccc(NC(=O)C(C)CC)c(C)c2)c(Cl)c1. The van der Waals surface area contributed by atoms with Crippen LogP contribution in [0.15, 0.2) is 35.4 Å². The van der Waals surface area contributed by atoms with Gasteiger partial charge in [-0.3, -0.25) is 20.3 Å². The Kier molecular flexibility index (Phi) is 13.6. The third kappa shape index (κ3) is 12.6. The molecule has 0 bridgehead atoms. The van der Waals surface area contributed by atoms with Crippen LogP contribution < -0.4 is 20.8 Å². The highest BCUT2D eigenvalue weighted by Crippen LogP contribution is 2.40. The first-order valence-electron chi connectivity index (χ1n) is 12.9. The Labute approximate surface area is 245 Å². The highest BCUT2D eigenvalue weighted by Gasteiger charge is 2.17. The van der Waals surface area contributed by atoms with Crippen LogP contribution in [-0.4, -0.2) is 35.3 Å². The average molecular weight is 588 g/mol. The summed E-state index contributed by atoms with van der Waals surface area (Å²) in [6, 6.07) is 9.10. The van der Waals surface area contributed by atoms with Crippen molar-refractivity contribution >= 4 is 46.6 Å². The van der Waals surface area contributed by atoms with Crippen LogP contribution in [0.2, 0.25) is 5.02 Å². The number of imide groups is 1. The van der Waals surface area contributed by atoms with Gasteiger partial charge >= 0.3 is 6.09 Å². The average Bonchev–Trinajstić information content (AvgIpc) is 2.86. The van der Waals surface area contributed by atoms with Gasteiger partial charge in [-0.1, -0.05) is 53.1 Å². The molecule has 222 valence electrons. The number of alkyl carbamates (subject to hydrolysis) is 1. The molecule has 2 aromatic carbocycles. The Balaban J connectivity index is 0.00000154. The first kappa shape index (κ1) is 34.7. The van der Waals surface area contributed by atoms with E-state index in [9.17, 15) is 19.5 Å². The van der Waals surface area contributed by atoms with Gasteiger partial charge in [0.2, 0.25) is 11.6 Å². The summed E-state index contributed by atoms with van der Waals surface area (Å²) in [6.45, 7) is 15.9. The van der Waals surface area contributed by atoms with Gasteiger partial charge in [-0.15, -0.1) is 0 Å². The van der Waals surface area contributed by atoms with Crippen LogP contribution in [-0.2, 0) is 14.3 Å². The maximum absolute atomic E-state index is 12.1. The number of ether oxygens (including phenoxy) is 2. The van der Waals surface area contributed by atoms with E-state index in [1.165, 1.54) is 12.1 Å². The second-order valence-electron chi connectivity index (χ2n) is 10.5. The van der Waals surface area contributed by atoms with Crippen LogP contribution in [0.1, 0.15) is 60.5 Å². The van der Waals surface area contributed by atoms with Crippen molar-refractivity contribution in [2.45, 2.75) is 61.8 Å². The second-order valence-corrected chi connectivity index (χ2v) is 10.9. The van der Waals surface area contributed by atoms with Gasteiger partial charge < -0.3 is 19.9 Å². The largest absolute Gasteiger partial charge is 0.504 e. The second kappa shape index (κ2) is 16.1. The third-order valence-electron chi connectivity index (χ3n) is 4.87. The van der Waals surface area contributed by atoms with E-state index in [2.05, 4.69) is 48.3 Å². The van der Waals surface area contributed by atoms with Crippen LogP contribution in [0.4, 0.5) is 16.2 Å². The number of hydrogen-bond acceptors (Lipinski definition) is 9. The molecule has 2 rings (SSSR count). The lowest BCUT2D eigenvalue weighted by molar-refractivity contribution is -0.119. The maximum atomic E-state index is 12.1. The number of phenolic OH excluding ortho intramolecular Hbond substituents is 1. The van der Waals surface area contributed by atoms with Crippen molar-refractivity contribution in [3.8, 4) is 23.3 Å². The number of carbonyl (C=O) groups is 3. The maximum Gasteiger partial charge on any atom is 0.414 e. The number of halogens is 1. The van der Waals surface area contributed by atoms with E-state index in [4.69, 9.17) is 21.6 Å². The summed E-state index contributed by atoms with van der Waals surface area (Å²) < 4.78 is 10.3. The molecule has 0 heterocycles. The zero-order chi connectivity index (χ0) is 31.3. The highest BCUT2D eigenvalue weighted by atomic mass is 35.5. The van der Waals surface area contributed by atoms with Gasteiger partial charge in [0, 0.05) is 17.7 Å². The number of nitriles is 1. The molecule has 11 nitrogen and oxygen atoms in total. The normalized spacial score (nSPS) is 11.7. The highest BCUT2D eigenvalue weighted by molar-refractivity contribution is 6.46. The van der Waals surface area contributed by atoms with Gasteiger partial charge in [-0.25, -0.2) is 4.79 Å². The first-order valence-corrected chi connectivity index (χ1v) is 13.3. The molecule has 0 fully saturated rings. The van der Waals surface area contributed by atoms with Crippen molar-refractivity contribution in [1.82, 2.24) is 5.32 Å². The van der Waals surface area contributed by atoms with Crippen molar-refractivity contribution in [3.05, 3.63) is 40.9 Å². The molecule has 3 amide bonds. The van der Waals surface area contributed by atoms with Crippen LogP contribution in [0, 0.1) is 29.6 Å². The fourth-order valence-corrected chi connectivity index (χ4v) is 2.96. The molecule has 0 aliphatic carbocycles. The molecule has 0 spiro atoms. The monoisotopic (exact) mass is 587 g/mol. The number of anilines is 2. The van der Waals surface area contributed by atoms with Gasteiger partial charge in [-0.2, -0.15) is 10.4 Å². The van der Waals surface area contributed by atoms with E-state index in [1.807, 2.05) is 19.2 Å². The number of carbonyl (C=O) groups excluding carboxylic acids is 3. The van der Waals surface area contributed by atoms with Crippen LogP contribution >= 0.6 is 11.6 Å². The molecule has 0 aromatic heterocycles. The number of hydrogen-bond donors (Lipinski definition) is 4. The minimum absolute atomic E-state index is 0.00832. The minimum Gasteiger partial charge on any atom is -0.504 e. The van der Waals surface area contributed by atoms with E-state index in [0.29, 0.717) is 16.9 Å². The number of amides is 3. The Morgan fingerprint density at radius 2 is 1.78 bits per heavy atom. The summed E-state index contributed by atoms with van der Waals surface area (Å²) in [4.78, 5) is 35.4. The van der Waals surface area contributed by atoms with E-state index >= 15 is 0 Å². The van der Waals surface area contributed by atoms with Gasteiger partial charge in [-0.05, 0) is 55.5 Å². The topological polar surface area (TPSA) is 162 Å². The van der Waals surface area contributed by atoms with Crippen LogP contribution in [0.3, 0.4) is 0 Å². The van der Waals surface area contributed by atoms with Crippen molar-refractivity contribution in [3.63, 3.8) is 0 Å². The minimum atomic E-state index is -1.07. The van der Waals surface area contributed by atoms with Crippen molar-refractivity contribution in [1.29, 1.82) is 5.26 Å². The molecule has 0 radical (unpaired) electrons. The quantitative estimate of drug-likeness (QED) is 0.185. The van der Waals surface area contributed by atoms with Gasteiger partial charge in [0.05, 0.1) is 17.3 Å². The smallest absolute Gasteiger partial charge is 0.414 e. The molecular formula is C29H38ClN5O6. The standard InChI is InChI=1S/C24H26ClN5O6.C5H12/c1-5-13(3)22(32)27-18-8-7-16(9-14(18)4)36-21-17(25)10-15(11-20(21)31)29-30-19(12-26)23(33)28-24(34)35-6-2;1-5(2,3)4/h7-11,13,29,31H,5-6H2,1-4H3,(H,27,32)(H,28,33,34);1-4H3/b30-19+;. The first-order chi connectivity index (χ1) is 19.1. The molecule has 0 aliphatic heterocycles. The van der Waals surface area contributed by atoms with Crippen molar-refractivity contribution in [2.24, 2.45) is 16.4 Å². The van der Waals surface area contributed by atoms with Crippen LogP contribution in [0.5, 0.6) is 17.2 Å². The number of nitrogens with one attached hydrogen (secondary N) is 3. The molecule has 1 unspecified atom stereocenters.